The van der Waals surface area contributed by atoms with E-state index in [4.69, 9.17) is 13.3 Å². The van der Waals surface area contributed by atoms with Gasteiger partial charge in [0.1, 0.15) is 11.5 Å². The van der Waals surface area contributed by atoms with Gasteiger partial charge in [0.2, 0.25) is 0 Å². The molecule has 1 aliphatic heterocycles. The second-order valence-corrected chi connectivity index (χ2v) is 5.71. The summed E-state index contributed by atoms with van der Waals surface area (Å²) in [5.74, 6) is 2.65. The fraction of sp³-hybridized carbons (Fsp3) is 0.357. The van der Waals surface area contributed by atoms with Crippen molar-refractivity contribution in [2.45, 2.75) is 20.8 Å². The fourth-order valence-electron chi connectivity index (χ4n) is 1.56. The van der Waals surface area contributed by atoms with Crippen LogP contribution in [0.25, 0.3) is 0 Å². The molecular weight excluding hydrogens is 244 g/mol. The van der Waals surface area contributed by atoms with E-state index in [1.54, 1.807) is 7.11 Å². The molecule has 2 rings (SSSR count). The van der Waals surface area contributed by atoms with Gasteiger partial charge in [-0.1, -0.05) is 20.8 Å². The maximum absolute atomic E-state index is 5.57. The van der Waals surface area contributed by atoms with Gasteiger partial charge in [0.15, 0.2) is 0 Å². The number of methoxy groups -OCH3 is 1. The molecule has 1 aromatic carbocycles. The molecule has 94 valence electrons. The summed E-state index contributed by atoms with van der Waals surface area (Å²) in [4.78, 5) is 0. The first-order chi connectivity index (χ1) is 8.50. The van der Waals surface area contributed by atoms with Gasteiger partial charge in [0.25, 0.3) is 0 Å². The van der Waals surface area contributed by atoms with Crippen LogP contribution in [0.2, 0.25) is 0 Å². The van der Waals surface area contributed by atoms with Crippen LogP contribution < -0.4 is 4.74 Å². The van der Waals surface area contributed by atoms with Crippen molar-refractivity contribution in [1.29, 1.82) is 0 Å². The first-order valence-corrected chi connectivity index (χ1v) is 6.64. The molecular formula is C14H17O3Si+. The van der Waals surface area contributed by atoms with Gasteiger partial charge in [-0.15, -0.1) is 0 Å². The Hall–Kier alpha value is -1.55. The Morgan fingerprint density at radius 2 is 1.83 bits per heavy atom. The number of allylic oxidation sites excluding steroid dienone is 2. The largest absolute Gasteiger partial charge is 1.02 e. The minimum Gasteiger partial charge on any atom is -0.497 e. The zero-order valence-corrected chi connectivity index (χ0v) is 12.1. The molecule has 0 atom stereocenters. The molecule has 3 nitrogen and oxygen atoms in total. The smallest absolute Gasteiger partial charge is 0.497 e. The molecule has 0 aromatic heterocycles. The highest BCUT2D eigenvalue weighted by atomic mass is 28.2. The van der Waals surface area contributed by atoms with Crippen molar-refractivity contribution in [3.8, 4) is 5.75 Å². The van der Waals surface area contributed by atoms with Crippen molar-refractivity contribution in [1.82, 2.24) is 0 Å². The van der Waals surface area contributed by atoms with Crippen molar-refractivity contribution in [2.24, 2.45) is 5.41 Å². The van der Waals surface area contributed by atoms with Crippen molar-refractivity contribution in [3.05, 3.63) is 41.7 Å². The summed E-state index contributed by atoms with van der Waals surface area (Å²) in [6.45, 7) is 6.38. The second kappa shape index (κ2) is 4.98. The molecule has 0 aliphatic carbocycles. The molecule has 0 N–H and O–H groups in total. The summed E-state index contributed by atoms with van der Waals surface area (Å²) >= 11 is 0. The van der Waals surface area contributed by atoms with Gasteiger partial charge < -0.3 is 13.3 Å². The number of carbonyl (C=O) groups excluding carboxylic acids is 1. The number of rotatable bonds is 2. The highest BCUT2D eigenvalue weighted by Gasteiger charge is 2.32. The van der Waals surface area contributed by atoms with Crippen LogP contribution in [-0.2, 0) is 4.43 Å². The van der Waals surface area contributed by atoms with Crippen LogP contribution in [0.5, 0.6) is 5.75 Å². The van der Waals surface area contributed by atoms with Crippen molar-refractivity contribution in [3.63, 3.8) is 0 Å². The van der Waals surface area contributed by atoms with Gasteiger partial charge in [-0.25, -0.2) is 0 Å². The monoisotopic (exact) mass is 261 g/mol. The quantitative estimate of drug-likeness (QED) is 0.605. The van der Waals surface area contributed by atoms with E-state index in [1.807, 2.05) is 30.3 Å². The Balaban J connectivity index is 2.28. The zero-order chi connectivity index (χ0) is 13.2. The summed E-state index contributed by atoms with van der Waals surface area (Å²) in [5, 5.41) is 0. The Kier molecular flexibility index (Phi) is 3.57. The molecule has 2 radical (unpaired) electrons. The molecule has 1 heterocycles. The Bertz CT molecular complexity index is 481. The average molecular weight is 261 g/mol. The number of ether oxygens (including phenoxy) is 1. The van der Waals surface area contributed by atoms with Crippen LogP contribution in [0.15, 0.2) is 36.1 Å². The van der Waals surface area contributed by atoms with Gasteiger partial charge >= 0.3 is 15.8 Å². The summed E-state index contributed by atoms with van der Waals surface area (Å²) < 4.78 is 16.3. The highest BCUT2D eigenvalue weighted by Crippen LogP contribution is 2.28. The van der Waals surface area contributed by atoms with E-state index in [-0.39, 0.29) is 15.4 Å². The predicted molar refractivity (Wildman–Crippen MR) is 71.7 cm³/mol. The topological polar surface area (TPSA) is 29.8 Å². The van der Waals surface area contributed by atoms with Crippen molar-refractivity contribution in [2.75, 3.05) is 7.11 Å². The third-order valence-electron chi connectivity index (χ3n) is 2.68. The van der Waals surface area contributed by atoms with Crippen LogP contribution in [0.3, 0.4) is 0 Å². The third-order valence-corrected chi connectivity index (χ3v) is 3.29. The summed E-state index contributed by atoms with van der Waals surface area (Å²) in [7, 11) is 1.68. The van der Waals surface area contributed by atoms with Crippen LogP contribution in [0, 0.1) is 5.41 Å². The Morgan fingerprint density at radius 1 is 1.17 bits per heavy atom. The lowest BCUT2D eigenvalue weighted by Crippen LogP contribution is -2.20. The molecule has 0 saturated carbocycles. The molecule has 0 fully saturated rings. The van der Waals surface area contributed by atoms with E-state index in [2.05, 4.69) is 20.8 Å². The van der Waals surface area contributed by atoms with Gasteiger partial charge in [0.05, 0.1) is 18.7 Å². The lowest BCUT2D eigenvalue weighted by atomic mass is 9.92. The standard InChI is InChI=1S/C14H17O3Si/c1-14(2,3)13-9-12(16-18-17-13)10-5-7-11(15-4)8-6-10/h5-9H,1-4H3/q+1. The summed E-state index contributed by atoms with van der Waals surface area (Å²) in [6.07, 6.45) is 1.97. The lowest BCUT2D eigenvalue weighted by Gasteiger charge is -2.20. The van der Waals surface area contributed by atoms with Gasteiger partial charge in [-0.05, 0) is 24.3 Å². The SMILES string of the molecule is COc1ccc(C2=[O+][Si]OC(C(C)(C)C)=C2)cc1. The summed E-state index contributed by atoms with van der Waals surface area (Å²) in [6, 6.07) is 7.82. The van der Waals surface area contributed by atoms with Crippen LogP contribution in [-0.4, -0.2) is 22.9 Å². The van der Waals surface area contributed by atoms with Crippen LogP contribution >= 0.6 is 0 Å². The molecule has 0 bridgehead atoms. The van der Waals surface area contributed by atoms with E-state index >= 15 is 0 Å². The molecule has 18 heavy (non-hydrogen) atoms. The fourth-order valence-corrected chi connectivity index (χ4v) is 2.32. The first-order valence-electron chi connectivity index (χ1n) is 5.83. The molecule has 1 aromatic rings. The average Bonchev–Trinajstić information content (AvgIpc) is 2.38. The maximum Gasteiger partial charge on any atom is 1.02 e. The molecule has 0 unspecified atom stereocenters. The van der Waals surface area contributed by atoms with Gasteiger partial charge in [-0.2, -0.15) is 0 Å². The number of benzene rings is 1. The molecule has 0 saturated heterocycles. The minimum atomic E-state index is -0.00546. The van der Waals surface area contributed by atoms with Gasteiger partial charge in [0, 0.05) is 5.41 Å². The van der Waals surface area contributed by atoms with E-state index in [1.165, 1.54) is 0 Å². The van der Waals surface area contributed by atoms with Crippen LogP contribution in [0.1, 0.15) is 30.4 Å². The molecule has 4 heteroatoms. The predicted octanol–water partition coefficient (Wildman–Crippen LogP) is 2.91. The molecule has 0 spiro atoms. The highest BCUT2D eigenvalue weighted by molar-refractivity contribution is 6.22. The normalized spacial score (nSPS) is 15.6. The Morgan fingerprint density at radius 3 is 2.39 bits per heavy atom. The first kappa shape index (κ1) is 12.9. The number of ketones is 1. The van der Waals surface area contributed by atoms with E-state index < -0.39 is 0 Å². The van der Waals surface area contributed by atoms with Crippen LogP contribution in [0.4, 0.5) is 0 Å². The van der Waals surface area contributed by atoms with Gasteiger partial charge in [-0.3, -0.25) is 0 Å². The van der Waals surface area contributed by atoms with E-state index in [0.717, 1.165) is 22.9 Å². The van der Waals surface area contributed by atoms with E-state index in [0.29, 0.717) is 0 Å². The Labute approximate surface area is 110 Å². The summed E-state index contributed by atoms with van der Waals surface area (Å²) in [5.41, 5.74) is 1.03. The third kappa shape index (κ3) is 2.82. The van der Waals surface area contributed by atoms with Crippen molar-refractivity contribution < 1.29 is 13.3 Å². The minimum absolute atomic E-state index is 0.00546. The zero-order valence-electron chi connectivity index (χ0n) is 11.1. The number of hydrogen-bond donors (Lipinski definition) is 0. The number of hydrogen-bond acceptors (Lipinski definition) is 2. The van der Waals surface area contributed by atoms with E-state index in [9.17, 15) is 0 Å². The maximum atomic E-state index is 5.57. The molecule has 1 aliphatic rings. The molecule has 0 amide bonds. The lowest BCUT2D eigenvalue weighted by molar-refractivity contribution is -0.109. The second-order valence-electron chi connectivity index (χ2n) is 5.14. The van der Waals surface area contributed by atoms with Crippen molar-refractivity contribution >= 4 is 15.8 Å².